The third-order valence-corrected chi connectivity index (χ3v) is 3.47. The van der Waals surface area contributed by atoms with Gasteiger partial charge in [-0.2, -0.15) is 0 Å². The van der Waals surface area contributed by atoms with Crippen LogP contribution in [0.25, 0.3) is 0 Å². The van der Waals surface area contributed by atoms with E-state index < -0.39 is 0 Å². The normalized spacial score (nSPS) is 22.9. The van der Waals surface area contributed by atoms with Crippen LogP contribution in [0.15, 0.2) is 18.2 Å². The van der Waals surface area contributed by atoms with Crippen LogP contribution in [0.4, 0.5) is 5.69 Å². The third-order valence-electron chi connectivity index (χ3n) is 3.47. The predicted molar refractivity (Wildman–Crippen MR) is 67.7 cm³/mol. The molecule has 92 valence electrons. The molecular weight excluding hydrogens is 214 g/mol. The summed E-state index contributed by atoms with van der Waals surface area (Å²) in [6, 6.07) is 6.34. The molecule has 0 spiro atoms. The molecule has 0 bridgehead atoms. The fourth-order valence-electron chi connectivity index (χ4n) is 2.51. The van der Waals surface area contributed by atoms with E-state index in [0.29, 0.717) is 12.7 Å². The van der Waals surface area contributed by atoms with Gasteiger partial charge in [0.25, 0.3) is 0 Å². The van der Waals surface area contributed by atoms with Crippen molar-refractivity contribution in [3.05, 3.63) is 23.8 Å². The van der Waals surface area contributed by atoms with Gasteiger partial charge in [0.05, 0.1) is 6.10 Å². The van der Waals surface area contributed by atoms with Crippen molar-refractivity contribution in [3.63, 3.8) is 0 Å². The quantitative estimate of drug-likeness (QED) is 0.870. The minimum atomic E-state index is 0.296. The van der Waals surface area contributed by atoms with Crippen LogP contribution in [0.2, 0.25) is 0 Å². The first-order valence-corrected chi connectivity index (χ1v) is 6.53. The lowest BCUT2D eigenvalue weighted by molar-refractivity contribution is 0.0679. The van der Waals surface area contributed by atoms with Gasteiger partial charge in [0, 0.05) is 18.8 Å². The molecule has 0 aromatic heterocycles. The van der Waals surface area contributed by atoms with E-state index in [1.807, 2.05) is 6.07 Å². The summed E-state index contributed by atoms with van der Waals surface area (Å²) in [5.41, 5.74) is 2.64. The van der Waals surface area contributed by atoms with Gasteiger partial charge in [-0.25, -0.2) is 0 Å². The van der Waals surface area contributed by atoms with E-state index >= 15 is 0 Å². The molecule has 1 atom stereocenters. The second kappa shape index (κ2) is 4.96. The molecule has 1 fully saturated rings. The van der Waals surface area contributed by atoms with Crippen molar-refractivity contribution < 1.29 is 9.47 Å². The highest BCUT2D eigenvalue weighted by Gasteiger charge is 2.16. The number of fused-ring (bicyclic) bond motifs is 1. The van der Waals surface area contributed by atoms with Gasteiger partial charge >= 0.3 is 0 Å². The van der Waals surface area contributed by atoms with Crippen LogP contribution in [0.1, 0.15) is 24.8 Å². The number of benzene rings is 1. The molecule has 0 amide bonds. The summed E-state index contributed by atoms with van der Waals surface area (Å²) < 4.78 is 11.4. The first-order valence-electron chi connectivity index (χ1n) is 6.53. The van der Waals surface area contributed by atoms with Crippen LogP contribution in [-0.4, -0.2) is 25.9 Å². The Morgan fingerprint density at radius 1 is 1.35 bits per heavy atom. The van der Waals surface area contributed by atoms with Crippen LogP contribution in [-0.2, 0) is 11.2 Å². The van der Waals surface area contributed by atoms with Gasteiger partial charge in [-0.15, -0.1) is 0 Å². The van der Waals surface area contributed by atoms with Crippen LogP contribution in [0.5, 0.6) is 5.75 Å². The Balaban J connectivity index is 1.62. The third kappa shape index (κ3) is 2.55. The molecule has 2 heterocycles. The molecule has 2 aliphatic heterocycles. The maximum absolute atomic E-state index is 5.80. The summed E-state index contributed by atoms with van der Waals surface area (Å²) in [7, 11) is 0. The van der Waals surface area contributed by atoms with Crippen molar-refractivity contribution >= 4 is 5.69 Å². The zero-order valence-corrected chi connectivity index (χ0v) is 10.1. The van der Waals surface area contributed by atoms with E-state index in [2.05, 4.69) is 17.4 Å². The molecule has 2 aliphatic rings. The lowest BCUT2D eigenvalue weighted by atomic mass is 10.0. The Labute approximate surface area is 102 Å². The second-order valence-corrected chi connectivity index (χ2v) is 4.80. The van der Waals surface area contributed by atoms with E-state index in [1.54, 1.807) is 0 Å². The van der Waals surface area contributed by atoms with Gasteiger partial charge in [0.15, 0.2) is 0 Å². The Morgan fingerprint density at radius 3 is 3.24 bits per heavy atom. The molecule has 17 heavy (non-hydrogen) atoms. The smallest absolute Gasteiger partial charge is 0.119 e. The monoisotopic (exact) mass is 233 g/mol. The average Bonchev–Trinajstić information content (AvgIpc) is 2.89. The fourth-order valence-corrected chi connectivity index (χ4v) is 2.51. The number of nitrogens with one attached hydrogen (secondary N) is 1. The van der Waals surface area contributed by atoms with Gasteiger partial charge in [-0.1, -0.05) is 0 Å². The summed E-state index contributed by atoms with van der Waals surface area (Å²) in [6.45, 7) is 2.66. The van der Waals surface area contributed by atoms with E-state index in [0.717, 1.165) is 31.7 Å². The fraction of sp³-hybridized carbons (Fsp3) is 0.571. The highest BCUT2D eigenvalue weighted by Crippen LogP contribution is 2.26. The maximum Gasteiger partial charge on any atom is 0.119 e. The molecule has 0 saturated carbocycles. The van der Waals surface area contributed by atoms with Gasteiger partial charge in [0.1, 0.15) is 12.4 Å². The zero-order chi connectivity index (χ0) is 11.5. The average molecular weight is 233 g/mol. The number of aryl methyl sites for hydroxylation is 1. The number of rotatable bonds is 3. The second-order valence-electron chi connectivity index (χ2n) is 4.80. The molecule has 3 rings (SSSR count). The van der Waals surface area contributed by atoms with Crippen molar-refractivity contribution in [2.75, 3.05) is 25.1 Å². The van der Waals surface area contributed by atoms with Crippen molar-refractivity contribution in [2.45, 2.75) is 31.8 Å². The standard InChI is InChI=1S/C14H19NO2/c1-3-11-9-12(5-6-14(11)15-7-1)17-10-13-4-2-8-16-13/h5-6,9,13,15H,1-4,7-8,10H2. The Morgan fingerprint density at radius 2 is 2.35 bits per heavy atom. The SMILES string of the molecule is c1cc2c(cc1OCC1CCCO1)CCCN2. The van der Waals surface area contributed by atoms with Crippen molar-refractivity contribution in [1.29, 1.82) is 0 Å². The maximum atomic E-state index is 5.80. The molecule has 1 saturated heterocycles. The molecule has 0 radical (unpaired) electrons. The summed E-state index contributed by atoms with van der Waals surface area (Å²) in [5.74, 6) is 0.975. The van der Waals surface area contributed by atoms with E-state index in [1.165, 1.54) is 24.1 Å². The van der Waals surface area contributed by atoms with Crippen LogP contribution in [0, 0.1) is 0 Å². The van der Waals surface area contributed by atoms with Gasteiger partial charge in [-0.05, 0) is 49.4 Å². The van der Waals surface area contributed by atoms with Gasteiger partial charge in [0.2, 0.25) is 0 Å². The van der Waals surface area contributed by atoms with Crippen LogP contribution < -0.4 is 10.1 Å². The minimum Gasteiger partial charge on any atom is -0.491 e. The van der Waals surface area contributed by atoms with Crippen molar-refractivity contribution in [3.8, 4) is 5.75 Å². The summed E-state index contributed by atoms with van der Waals surface area (Å²) in [4.78, 5) is 0. The van der Waals surface area contributed by atoms with E-state index in [4.69, 9.17) is 9.47 Å². The molecule has 0 aliphatic carbocycles. The number of hydrogen-bond acceptors (Lipinski definition) is 3. The van der Waals surface area contributed by atoms with Gasteiger partial charge < -0.3 is 14.8 Å². The molecule has 1 unspecified atom stereocenters. The Hall–Kier alpha value is -1.22. The van der Waals surface area contributed by atoms with Gasteiger partial charge in [-0.3, -0.25) is 0 Å². The minimum absolute atomic E-state index is 0.296. The van der Waals surface area contributed by atoms with E-state index in [9.17, 15) is 0 Å². The molecule has 1 aromatic carbocycles. The largest absolute Gasteiger partial charge is 0.491 e. The van der Waals surface area contributed by atoms with Crippen LogP contribution >= 0.6 is 0 Å². The predicted octanol–water partition coefficient (Wildman–Crippen LogP) is 2.60. The first kappa shape index (κ1) is 10.9. The highest BCUT2D eigenvalue weighted by atomic mass is 16.5. The summed E-state index contributed by atoms with van der Waals surface area (Å²) in [6.07, 6.45) is 4.96. The van der Waals surface area contributed by atoms with Crippen LogP contribution in [0.3, 0.4) is 0 Å². The van der Waals surface area contributed by atoms with Crippen molar-refractivity contribution in [1.82, 2.24) is 0 Å². The van der Waals surface area contributed by atoms with E-state index in [-0.39, 0.29) is 0 Å². The Kier molecular flexibility index (Phi) is 3.18. The molecule has 1 N–H and O–H groups in total. The Bertz CT molecular complexity index is 386. The highest BCUT2D eigenvalue weighted by molar-refractivity contribution is 5.55. The molecule has 1 aromatic rings. The summed E-state index contributed by atoms with van der Waals surface area (Å²) >= 11 is 0. The molecular formula is C14H19NO2. The molecule has 3 nitrogen and oxygen atoms in total. The number of ether oxygens (including phenoxy) is 2. The summed E-state index contributed by atoms with van der Waals surface area (Å²) in [5, 5.41) is 3.41. The topological polar surface area (TPSA) is 30.5 Å². The number of hydrogen-bond donors (Lipinski definition) is 1. The first-order chi connectivity index (χ1) is 8.42. The number of anilines is 1. The lowest BCUT2D eigenvalue weighted by Gasteiger charge is -2.19. The van der Waals surface area contributed by atoms with Crippen molar-refractivity contribution in [2.24, 2.45) is 0 Å². The zero-order valence-electron chi connectivity index (χ0n) is 10.1. The molecule has 3 heteroatoms. The lowest BCUT2D eigenvalue weighted by Crippen LogP contribution is -2.17.